The maximum atomic E-state index is 3.75. The Morgan fingerprint density at radius 3 is 2.18 bits per heavy atom. The fraction of sp³-hybridized carbons (Fsp3) is 0.636. The minimum Gasteiger partial charge on any atom is -0.103 e. The van der Waals surface area contributed by atoms with E-state index in [2.05, 4.69) is 39.5 Å². The molecule has 2 atom stereocenters. The summed E-state index contributed by atoms with van der Waals surface area (Å²) in [4.78, 5) is 0. The normalized spacial score (nSPS) is 16.6. The first-order valence-electron chi connectivity index (χ1n) is 4.44. The van der Waals surface area contributed by atoms with Crippen LogP contribution in [-0.2, 0) is 0 Å². The van der Waals surface area contributed by atoms with Crippen LogP contribution in [0.5, 0.6) is 0 Å². The third kappa shape index (κ3) is 4.83. The molecule has 0 fully saturated rings. The molecule has 0 radical (unpaired) electrons. The maximum Gasteiger partial charge on any atom is -0.0322 e. The zero-order valence-corrected chi connectivity index (χ0v) is 8.01. The van der Waals surface area contributed by atoms with Crippen LogP contribution >= 0.6 is 0 Å². The monoisotopic (exact) mass is 152 g/mol. The van der Waals surface area contributed by atoms with Crippen molar-refractivity contribution in [3.8, 4) is 0 Å². The molecule has 0 aromatic heterocycles. The largest absolute Gasteiger partial charge is 0.103 e. The van der Waals surface area contributed by atoms with E-state index in [-0.39, 0.29) is 0 Å². The SMILES string of the molecule is C=CCC(C)C(C)CC=CC. The van der Waals surface area contributed by atoms with Gasteiger partial charge in [0.1, 0.15) is 0 Å². The number of rotatable bonds is 5. The zero-order chi connectivity index (χ0) is 8.69. The van der Waals surface area contributed by atoms with Crippen molar-refractivity contribution in [1.82, 2.24) is 0 Å². The van der Waals surface area contributed by atoms with E-state index >= 15 is 0 Å². The second-order valence-corrected chi connectivity index (χ2v) is 3.28. The number of allylic oxidation sites excluding steroid dienone is 3. The van der Waals surface area contributed by atoms with E-state index in [1.807, 2.05) is 6.08 Å². The van der Waals surface area contributed by atoms with Gasteiger partial charge >= 0.3 is 0 Å². The van der Waals surface area contributed by atoms with Gasteiger partial charge in [0.05, 0.1) is 0 Å². The van der Waals surface area contributed by atoms with Gasteiger partial charge in [-0.2, -0.15) is 0 Å². The van der Waals surface area contributed by atoms with Gasteiger partial charge in [0.15, 0.2) is 0 Å². The minimum absolute atomic E-state index is 0.767. The molecule has 0 nitrogen and oxygen atoms in total. The Labute approximate surface area is 71.0 Å². The molecule has 2 unspecified atom stereocenters. The molecule has 11 heavy (non-hydrogen) atoms. The van der Waals surface area contributed by atoms with Crippen LogP contribution in [0.2, 0.25) is 0 Å². The fourth-order valence-corrected chi connectivity index (χ4v) is 1.08. The van der Waals surface area contributed by atoms with Gasteiger partial charge in [-0.05, 0) is 31.6 Å². The van der Waals surface area contributed by atoms with E-state index in [1.54, 1.807) is 0 Å². The summed E-state index contributed by atoms with van der Waals surface area (Å²) in [5.74, 6) is 1.55. The van der Waals surface area contributed by atoms with Crippen LogP contribution in [-0.4, -0.2) is 0 Å². The summed E-state index contributed by atoms with van der Waals surface area (Å²) in [5.41, 5.74) is 0. The Bertz CT molecular complexity index is 122. The Kier molecular flexibility index (Phi) is 5.91. The van der Waals surface area contributed by atoms with Crippen molar-refractivity contribution in [2.75, 3.05) is 0 Å². The molecule has 0 amide bonds. The summed E-state index contributed by atoms with van der Waals surface area (Å²) in [5, 5.41) is 0. The average molecular weight is 152 g/mol. The fourth-order valence-electron chi connectivity index (χ4n) is 1.08. The molecule has 0 heterocycles. The van der Waals surface area contributed by atoms with Crippen molar-refractivity contribution < 1.29 is 0 Å². The smallest absolute Gasteiger partial charge is 0.0322 e. The van der Waals surface area contributed by atoms with E-state index in [1.165, 1.54) is 6.42 Å². The summed E-state index contributed by atoms with van der Waals surface area (Å²) in [6, 6.07) is 0. The van der Waals surface area contributed by atoms with Gasteiger partial charge in [-0.3, -0.25) is 0 Å². The summed E-state index contributed by atoms with van der Waals surface area (Å²) in [6.07, 6.45) is 8.71. The van der Waals surface area contributed by atoms with Gasteiger partial charge in [-0.25, -0.2) is 0 Å². The molecular formula is C11H20. The van der Waals surface area contributed by atoms with Crippen molar-refractivity contribution >= 4 is 0 Å². The second-order valence-electron chi connectivity index (χ2n) is 3.28. The highest BCUT2D eigenvalue weighted by Crippen LogP contribution is 2.18. The standard InChI is InChI=1S/C11H20/c1-5-7-9-11(4)10(3)8-6-2/h5-7,10-11H,2,8-9H2,1,3-4H3. The molecule has 0 saturated heterocycles. The van der Waals surface area contributed by atoms with E-state index in [4.69, 9.17) is 0 Å². The lowest BCUT2D eigenvalue weighted by Crippen LogP contribution is -2.05. The predicted octanol–water partition coefficient (Wildman–Crippen LogP) is 3.80. The zero-order valence-electron chi connectivity index (χ0n) is 8.01. The van der Waals surface area contributed by atoms with Crippen LogP contribution in [0.25, 0.3) is 0 Å². The van der Waals surface area contributed by atoms with Crippen molar-refractivity contribution in [3.63, 3.8) is 0 Å². The van der Waals surface area contributed by atoms with E-state index < -0.39 is 0 Å². The van der Waals surface area contributed by atoms with Gasteiger partial charge in [0.2, 0.25) is 0 Å². The Morgan fingerprint density at radius 2 is 1.73 bits per heavy atom. The molecule has 0 N–H and O–H groups in total. The van der Waals surface area contributed by atoms with Crippen molar-refractivity contribution in [2.24, 2.45) is 11.8 Å². The molecule has 0 spiro atoms. The van der Waals surface area contributed by atoms with Crippen LogP contribution in [0.15, 0.2) is 24.8 Å². The molecule has 0 aliphatic rings. The van der Waals surface area contributed by atoms with Gasteiger partial charge in [0.25, 0.3) is 0 Å². The van der Waals surface area contributed by atoms with Gasteiger partial charge in [-0.15, -0.1) is 6.58 Å². The second kappa shape index (κ2) is 6.21. The van der Waals surface area contributed by atoms with Crippen molar-refractivity contribution in [1.29, 1.82) is 0 Å². The lowest BCUT2D eigenvalue weighted by Gasteiger charge is -2.15. The topological polar surface area (TPSA) is 0 Å². The Balaban J connectivity index is 3.62. The number of hydrogen-bond acceptors (Lipinski definition) is 0. The Morgan fingerprint density at radius 1 is 1.18 bits per heavy atom. The molecule has 0 aromatic rings. The van der Waals surface area contributed by atoms with E-state index in [0.29, 0.717) is 0 Å². The average Bonchev–Trinajstić information content (AvgIpc) is 2.00. The maximum absolute atomic E-state index is 3.75. The molecule has 0 aromatic carbocycles. The summed E-state index contributed by atoms with van der Waals surface area (Å²) >= 11 is 0. The highest BCUT2D eigenvalue weighted by molar-refractivity contribution is 4.82. The molecule has 0 heteroatoms. The van der Waals surface area contributed by atoms with Crippen LogP contribution in [0.4, 0.5) is 0 Å². The third-order valence-electron chi connectivity index (χ3n) is 2.25. The highest BCUT2D eigenvalue weighted by Gasteiger charge is 2.07. The molecule has 0 aliphatic heterocycles. The van der Waals surface area contributed by atoms with Crippen LogP contribution in [0.3, 0.4) is 0 Å². The van der Waals surface area contributed by atoms with Crippen LogP contribution < -0.4 is 0 Å². The molecule has 0 saturated carbocycles. The lowest BCUT2D eigenvalue weighted by molar-refractivity contribution is 0.395. The Hall–Kier alpha value is -0.520. The molecule has 0 bridgehead atoms. The molecule has 0 aliphatic carbocycles. The molecule has 0 rings (SSSR count). The minimum atomic E-state index is 0.767. The number of hydrogen-bond donors (Lipinski definition) is 0. The quantitative estimate of drug-likeness (QED) is 0.526. The van der Waals surface area contributed by atoms with Crippen molar-refractivity contribution in [2.45, 2.75) is 33.6 Å². The van der Waals surface area contributed by atoms with Gasteiger partial charge in [0, 0.05) is 0 Å². The van der Waals surface area contributed by atoms with Crippen molar-refractivity contribution in [3.05, 3.63) is 24.8 Å². The van der Waals surface area contributed by atoms with Crippen LogP contribution in [0.1, 0.15) is 33.6 Å². The highest BCUT2D eigenvalue weighted by atomic mass is 14.1. The first-order chi connectivity index (χ1) is 5.22. The summed E-state index contributed by atoms with van der Waals surface area (Å²) in [6.45, 7) is 10.4. The van der Waals surface area contributed by atoms with Crippen LogP contribution in [0, 0.1) is 11.8 Å². The molecule has 64 valence electrons. The first kappa shape index (κ1) is 10.5. The van der Waals surface area contributed by atoms with Gasteiger partial charge in [-0.1, -0.05) is 32.1 Å². The van der Waals surface area contributed by atoms with E-state index in [0.717, 1.165) is 18.3 Å². The van der Waals surface area contributed by atoms with Gasteiger partial charge < -0.3 is 0 Å². The van der Waals surface area contributed by atoms with E-state index in [9.17, 15) is 0 Å². The third-order valence-corrected chi connectivity index (χ3v) is 2.25. The predicted molar refractivity (Wildman–Crippen MR) is 52.6 cm³/mol. The first-order valence-corrected chi connectivity index (χ1v) is 4.44. The molecular weight excluding hydrogens is 132 g/mol. The summed E-state index contributed by atoms with van der Waals surface area (Å²) in [7, 11) is 0. The lowest BCUT2D eigenvalue weighted by atomic mass is 9.90. The summed E-state index contributed by atoms with van der Waals surface area (Å²) < 4.78 is 0.